The van der Waals surface area contributed by atoms with E-state index in [1.807, 2.05) is 49.4 Å². The molecular formula is C19H18N2O3. The molecule has 1 amide bonds. The molecule has 0 saturated carbocycles. The van der Waals surface area contributed by atoms with Gasteiger partial charge >= 0.3 is 0 Å². The van der Waals surface area contributed by atoms with Gasteiger partial charge in [0.05, 0.1) is 12.6 Å². The van der Waals surface area contributed by atoms with Crippen molar-refractivity contribution < 1.29 is 13.9 Å². The quantitative estimate of drug-likeness (QED) is 0.722. The molecule has 0 N–H and O–H groups in total. The topological polar surface area (TPSA) is 55.6 Å². The van der Waals surface area contributed by atoms with Crippen molar-refractivity contribution in [1.82, 2.24) is 9.88 Å². The number of furan rings is 1. The summed E-state index contributed by atoms with van der Waals surface area (Å²) in [6.07, 6.45) is 0.771. The van der Waals surface area contributed by atoms with Crippen LogP contribution < -0.4 is 0 Å². The summed E-state index contributed by atoms with van der Waals surface area (Å²) in [7, 11) is 0. The largest absolute Gasteiger partial charge is 0.449 e. The standard InChI is InChI=1S/C19H18N2O3/c1-13-7-8-17-15(20-13)11-18(24-17)19(22)21-12-23-10-9-16(21)14-5-3-2-4-6-14/h2-8,11,16H,9-10,12H2,1H3/t16-/m0/s1. The summed E-state index contributed by atoms with van der Waals surface area (Å²) in [4.78, 5) is 19.1. The van der Waals surface area contributed by atoms with E-state index in [0.717, 1.165) is 17.7 Å². The van der Waals surface area contributed by atoms with Gasteiger partial charge in [0.25, 0.3) is 5.91 Å². The van der Waals surface area contributed by atoms with Crippen molar-refractivity contribution in [2.45, 2.75) is 19.4 Å². The predicted molar refractivity (Wildman–Crippen MR) is 89.5 cm³/mol. The van der Waals surface area contributed by atoms with Crippen LogP contribution in [0.4, 0.5) is 0 Å². The maximum Gasteiger partial charge on any atom is 0.292 e. The number of hydrogen-bond acceptors (Lipinski definition) is 4. The molecule has 1 atom stereocenters. The summed E-state index contributed by atoms with van der Waals surface area (Å²) < 4.78 is 11.2. The molecule has 0 radical (unpaired) electrons. The molecule has 0 aliphatic carbocycles. The number of pyridine rings is 1. The smallest absolute Gasteiger partial charge is 0.292 e. The van der Waals surface area contributed by atoms with Crippen LogP contribution in [0.1, 0.15) is 34.3 Å². The van der Waals surface area contributed by atoms with Crippen LogP contribution in [0, 0.1) is 6.92 Å². The fraction of sp³-hybridized carbons (Fsp3) is 0.263. The molecule has 3 aromatic rings. The Morgan fingerprint density at radius 3 is 2.88 bits per heavy atom. The van der Waals surface area contributed by atoms with Crippen molar-refractivity contribution in [3.05, 3.63) is 65.5 Å². The second-order valence-corrected chi connectivity index (χ2v) is 5.97. The van der Waals surface area contributed by atoms with Crippen LogP contribution in [0.3, 0.4) is 0 Å². The summed E-state index contributed by atoms with van der Waals surface area (Å²) in [5.74, 6) is 0.133. The van der Waals surface area contributed by atoms with Gasteiger partial charge in [0, 0.05) is 11.8 Å². The van der Waals surface area contributed by atoms with Gasteiger partial charge in [-0.3, -0.25) is 4.79 Å². The molecule has 1 aromatic carbocycles. The third-order valence-electron chi connectivity index (χ3n) is 4.31. The Morgan fingerprint density at radius 1 is 1.21 bits per heavy atom. The maximum absolute atomic E-state index is 13.0. The molecule has 0 bridgehead atoms. The van der Waals surface area contributed by atoms with Gasteiger partial charge < -0.3 is 14.1 Å². The van der Waals surface area contributed by atoms with Gasteiger partial charge in [-0.1, -0.05) is 30.3 Å². The molecule has 5 heteroatoms. The lowest BCUT2D eigenvalue weighted by Gasteiger charge is -2.35. The first-order valence-electron chi connectivity index (χ1n) is 8.03. The van der Waals surface area contributed by atoms with E-state index in [4.69, 9.17) is 9.15 Å². The Labute approximate surface area is 139 Å². The average Bonchev–Trinajstić information content (AvgIpc) is 3.05. The van der Waals surface area contributed by atoms with Crippen LogP contribution >= 0.6 is 0 Å². The van der Waals surface area contributed by atoms with Crippen LogP contribution in [0.25, 0.3) is 11.1 Å². The molecule has 1 aliphatic rings. The third kappa shape index (κ3) is 2.67. The summed E-state index contributed by atoms with van der Waals surface area (Å²) in [6, 6.07) is 15.5. The van der Waals surface area contributed by atoms with Crippen molar-refractivity contribution in [2.75, 3.05) is 13.3 Å². The number of carbonyl (C=O) groups excluding carboxylic acids is 1. The minimum Gasteiger partial charge on any atom is -0.449 e. The number of amides is 1. The van der Waals surface area contributed by atoms with E-state index in [1.165, 1.54) is 0 Å². The van der Waals surface area contributed by atoms with Gasteiger partial charge in [-0.05, 0) is 31.0 Å². The second-order valence-electron chi connectivity index (χ2n) is 5.97. The fourth-order valence-electron chi connectivity index (χ4n) is 3.10. The number of ether oxygens (including phenoxy) is 1. The Hall–Kier alpha value is -2.66. The van der Waals surface area contributed by atoms with Crippen LogP contribution in [0.2, 0.25) is 0 Å². The molecular weight excluding hydrogens is 304 g/mol. The van der Waals surface area contributed by atoms with Crippen molar-refractivity contribution in [3.8, 4) is 0 Å². The highest BCUT2D eigenvalue weighted by atomic mass is 16.5. The Balaban J connectivity index is 1.67. The SMILES string of the molecule is Cc1ccc2oc(C(=O)N3COCC[C@H]3c3ccccc3)cc2n1. The summed E-state index contributed by atoms with van der Waals surface area (Å²) in [6.45, 7) is 2.82. The number of hydrogen-bond donors (Lipinski definition) is 0. The number of aromatic nitrogens is 1. The van der Waals surface area contributed by atoms with Crippen molar-refractivity contribution in [1.29, 1.82) is 0 Å². The summed E-state index contributed by atoms with van der Waals surface area (Å²) in [5.41, 5.74) is 3.33. The molecule has 1 saturated heterocycles. The number of aryl methyl sites for hydroxylation is 1. The molecule has 1 aliphatic heterocycles. The molecule has 122 valence electrons. The average molecular weight is 322 g/mol. The van der Waals surface area contributed by atoms with Gasteiger partial charge in [0.15, 0.2) is 11.3 Å². The fourth-order valence-corrected chi connectivity index (χ4v) is 3.10. The van der Waals surface area contributed by atoms with Crippen LogP contribution in [-0.2, 0) is 4.74 Å². The third-order valence-corrected chi connectivity index (χ3v) is 4.31. The number of carbonyl (C=O) groups is 1. The molecule has 0 unspecified atom stereocenters. The number of fused-ring (bicyclic) bond motifs is 1. The minimum atomic E-state index is -0.167. The van der Waals surface area contributed by atoms with Crippen LogP contribution in [0.15, 0.2) is 52.9 Å². The molecule has 1 fully saturated rings. The first-order valence-corrected chi connectivity index (χ1v) is 8.03. The lowest BCUT2D eigenvalue weighted by molar-refractivity contribution is -0.0352. The highest BCUT2D eigenvalue weighted by molar-refractivity contribution is 5.95. The predicted octanol–water partition coefficient (Wildman–Crippen LogP) is 3.70. The molecule has 24 heavy (non-hydrogen) atoms. The lowest BCUT2D eigenvalue weighted by atomic mass is 10.0. The number of nitrogens with zero attached hydrogens (tertiary/aromatic N) is 2. The van der Waals surface area contributed by atoms with Gasteiger partial charge in [0.2, 0.25) is 0 Å². The molecule has 0 spiro atoms. The molecule has 4 rings (SSSR count). The zero-order valence-electron chi connectivity index (χ0n) is 13.4. The van der Waals surface area contributed by atoms with E-state index in [9.17, 15) is 4.79 Å². The zero-order chi connectivity index (χ0) is 16.5. The van der Waals surface area contributed by atoms with Crippen molar-refractivity contribution >= 4 is 17.0 Å². The maximum atomic E-state index is 13.0. The van der Waals surface area contributed by atoms with Gasteiger partial charge in [-0.25, -0.2) is 4.98 Å². The minimum absolute atomic E-state index is 0.00430. The molecule has 2 aromatic heterocycles. The van der Waals surface area contributed by atoms with E-state index < -0.39 is 0 Å². The van der Waals surface area contributed by atoms with E-state index in [-0.39, 0.29) is 18.7 Å². The number of rotatable bonds is 2. The number of benzene rings is 1. The van der Waals surface area contributed by atoms with Gasteiger partial charge in [-0.15, -0.1) is 0 Å². The van der Waals surface area contributed by atoms with E-state index in [1.54, 1.807) is 11.0 Å². The van der Waals surface area contributed by atoms with Gasteiger partial charge in [-0.2, -0.15) is 0 Å². The Morgan fingerprint density at radius 2 is 2.04 bits per heavy atom. The Kier molecular flexibility index (Phi) is 3.78. The highest BCUT2D eigenvalue weighted by Crippen LogP contribution is 2.30. The first-order chi connectivity index (χ1) is 11.7. The van der Waals surface area contributed by atoms with Crippen molar-refractivity contribution in [2.24, 2.45) is 0 Å². The van der Waals surface area contributed by atoms with Crippen LogP contribution in [0.5, 0.6) is 0 Å². The second kappa shape index (κ2) is 6.09. The zero-order valence-corrected chi connectivity index (χ0v) is 13.4. The summed E-state index contributed by atoms with van der Waals surface area (Å²) in [5, 5.41) is 0. The van der Waals surface area contributed by atoms with E-state index in [2.05, 4.69) is 4.98 Å². The normalized spacial score (nSPS) is 18.0. The Bertz CT molecular complexity index is 873. The van der Waals surface area contributed by atoms with Gasteiger partial charge in [0.1, 0.15) is 12.2 Å². The highest BCUT2D eigenvalue weighted by Gasteiger charge is 2.31. The lowest BCUT2D eigenvalue weighted by Crippen LogP contribution is -2.40. The van der Waals surface area contributed by atoms with Crippen molar-refractivity contribution in [3.63, 3.8) is 0 Å². The van der Waals surface area contributed by atoms with E-state index >= 15 is 0 Å². The molecule has 3 heterocycles. The molecule has 5 nitrogen and oxygen atoms in total. The van der Waals surface area contributed by atoms with Crippen LogP contribution in [-0.4, -0.2) is 29.1 Å². The monoisotopic (exact) mass is 322 g/mol. The van der Waals surface area contributed by atoms with E-state index in [0.29, 0.717) is 23.5 Å². The first kappa shape index (κ1) is 14.9. The summed E-state index contributed by atoms with van der Waals surface area (Å²) >= 11 is 0.